The highest BCUT2D eigenvalue weighted by Crippen LogP contribution is 2.43. The Morgan fingerprint density at radius 1 is 1.52 bits per heavy atom. The average Bonchev–Trinajstić information content (AvgIpc) is 2.79. The maximum absolute atomic E-state index is 12.4. The smallest absolute Gasteiger partial charge is 0.242 e. The molecule has 1 saturated carbocycles. The third kappa shape index (κ3) is 3.01. The number of hydrogen-bond acceptors (Lipinski definition) is 4. The number of nitrogens with one attached hydrogen (secondary N) is 1. The van der Waals surface area contributed by atoms with Crippen molar-refractivity contribution in [1.29, 1.82) is 0 Å². The van der Waals surface area contributed by atoms with Gasteiger partial charge in [0.15, 0.2) is 0 Å². The first-order chi connectivity index (χ1) is 9.72. The van der Waals surface area contributed by atoms with Crippen LogP contribution in [-0.4, -0.2) is 36.8 Å². The highest BCUT2D eigenvalue weighted by Gasteiger charge is 2.50. The van der Waals surface area contributed by atoms with Crippen LogP contribution in [-0.2, 0) is 28.4 Å². The van der Waals surface area contributed by atoms with Crippen LogP contribution in [0.2, 0.25) is 0 Å². The molecule has 0 spiro atoms. The van der Waals surface area contributed by atoms with Crippen molar-refractivity contribution in [2.45, 2.75) is 50.8 Å². The molecule has 120 valence electrons. The molecule has 1 heterocycles. The number of aliphatic hydroxyl groups excluding tert-OH is 1. The van der Waals surface area contributed by atoms with Gasteiger partial charge in [0.05, 0.1) is 17.6 Å². The Balaban J connectivity index is 2.12. The van der Waals surface area contributed by atoms with Crippen LogP contribution in [0.15, 0.2) is 17.2 Å². The quantitative estimate of drug-likeness (QED) is 0.820. The maximum Gasteiger partial charge on any atom is 0.242 e. The summed E-state index contributed by atoms with van der Waals surface area (Å²) in [5.74, 6) is 0. The molecule has 0 aromatic carbocycles. The SMILES string of the molecule is CCOC1CC(NS(=O)(=O)c2cc(CO)n(C)c2)C1(C)C. The fourth-order valence-corrected chi connectivity index (χ4v) is 4.20. The predicted molar refractivity (Wildman–Crippen MR) is 79.3 cm³/mol. The van der Waals surface area contributed by atoms with Gasteiger partial charge in [0, 0.05) is 37.0 Å². The van der Waals surface area contributed by atoms with E-state index in [2.05, 4.69) is 4.72 Å². The van der Waals surface area contributed by atoms with Crippen LogP contribution < -0.4 is 4.72 Å². The van der Waals surface area contributed by atoms with Crippen LogP contribution in [0.1, 0.15) is 32.9 Å². The first-order valence-corrected chi connectivity index (χ1v) is 8.60. The summed E-state index contributed by atoms with van der Waals surface area (Å²) in [5.41, 5.74) is 0.341. The lowest BCUT2D eigenvalue weighted by molar-refractivity contribution is -0.108. The van der Waals surface area contributed by atoms with Gasteiger partial charge < -0.3 is 14.4 Å². The van der Waals surface area contributed by atoms with Crippen LogP contribution in [0.3, 0.4) is 0 Å². The molecule has 2 unspecified atom stereocenters. The number of aromatic nitrogens is 1. The van der Waals surface area contributed by atoms with Crippen molar-refractivity contribution in [2.24, 2.45) is 12.5 Å². The number of aliphatic hydroxyl groups is 1. The molecular formula is C14H24N2O4S. The predicted octanol–water partition coefficient (Wildman–Crippen LogP) is 0.999. The highest BCUT2D eigenvalue weighted by molar-refractivity contribution is 7.89. The summed E-state index contributed by atoms with van der Waals surface area (Å²) in [7, 11) is -1.87. The minimum atomic E-state index is -3.58. The standard InChI is InChI=1S/C14H24N2O4S/c1-5-20-13-7-12(14(13,2)3)15-21(18,19)11-6-10(9-17)16(4)8-11/h6,8,12-13,15,17H,5,7,9H2,1-4H3. The molecule has 0 radical (unpaired) electrons. The molecule has 21 heavy (non-hydrogen) atoms. The molecule has 2 atom stereocenters. The van der Waals surface area contributed by atoms with Crippen LogP contribution in [0.5, 0.6) is 0 Å². The Labute approximate surface area is 126 Å². The number of nitrogens with zero attached hydrogens (tertiary/aromatic N) is 1. The van der Waals surface area contributed by atoms with Gasteiger partial charge in [-0.05, 0) is 19.4 Å². The topological polar surface area (TPSA) is 80.6 Å². The van der Waals surface area contributed by atoms with E-state index in [1.165, 1.54) is 12.3 Å². The highest BCUT2D eigenvalue weighted by atomic mass is 32.2. The van der Waals surface area contributed by atoms with Gasteiger partial charge in [-0.25, -0.2) is 13.1 Å². The van der Waals surface area contributed by atoms with Crippen LogP contribution >= 0.6 is 0 Å². The second kappa shape index (κ2) is 5.72. The van der Waals surface area contributed by atoms with Crippen molar-refractivity contribution < 1.29 is 18.3 Å². The monoisotopic (exact) mass is 316 g/mol. The molecule has 2 rings (SSSR count). The zero-order valence-electron chi connectivity index (χ0n) is 13.0. The van der Waals surface area contributed by atoms with Crippen molar-refractivity contribution in [3.05, 3.63) is 18.0 Å². The summed E-state index contributed by atoms with van der Waals surface area (Å²) in [6.45, 7) is 6.40. The summed E-state index contributed by atoms with van der Waals surface area (Å²) in [6.07, 6.45) is 2.28. The minimum Gasteiger partial charge on any atom is -0.390 e. The van der Waals surface area contributed by atoms with E-state index in [0.717, 1.165) is 0 Å². The molecule has 1 aliphatic rings. The van der Waals surface area contributed by atoms with E-state index in [4.69, 9.17) is 9.84 Å². The summed E-state index contributed by atoms with van der Waals surface area (Å²) < 4.78 is 34.8. The van der Waals surface area contributed by atoms with Crippen LogP contribution in [0.4, 0.5) is 0 Å². The number of aryl methyl sites for hydroxylation is 1. The fourth-order valence-electron chi connectivity index (χ4n) is 2.71. The molecular weight excluding hydrogens is 292 g/mol. The molecule has 0 aliphatic heterocycles. The first kappa shape index (κ1) is 16.5. The second-order valence-corrected chi connectivity index (χ2v) is 7.83. The van der Waals surface area contributed by atoms with Gasteiger partial charge in [-0.2, -0.15) is 0 Å². The summed E-state index contributed by atoms with van der Waals surface area (Å²) >= 11 is 0. The van der Waals surface area contributed by atoms with Crippen molar-refractivity contribution in [1.82, 2.24) is 9.29 Å². The molecule has 1 fully saturated rings. The third-order valence-corrected chi connectivity index (χ3v) is 5.84. The number of hydrogen-bond donors (Lipinski definition) is 2. The van der Waals surface area contributed by atoms with Crippen LogP contribution in [0, 0.1) is 5.41 Å². The van der Waals surface area contributed by atoms with Crippen molar-refractivity contribution in [3.8, 4) is 0 Å². The lowest BCUT2D eigenvalue weighted by Gasteiger charge is -2.51. The molecule has 7 heteroatoms. The maximum atomic E-state index is 12.4. The molecule has 2 N–H and O–H groups in total. The Hall–Kier alpha value is -0.890. The van der Waals surface area contributed by atoms with Gasteiger partial charge in [0.25, 0.3) is 0 Å². The molecule has 0 bridgehead atoms. The molecule has 1 aromatic heterocycles. The zero-order valence-corrected chi connectivity index (χ0v) is 13.8. The largest absolute Gasteiger partial charge is 0.390 e. The van der Waals surface area contributed by atoms with Gasteiger partial charge >= 0.3 is 0 Å². The van der Waals surface area contributed by atoms with Gasteiger partial charge in [0.2, 0.25) is 10.0 Å². The van der Waals surface area contributed by atoms with E-state index < -0.39 is 10.0 Å². The Kier molecular flexibility index (Phi) is 4.49. The Morgan fingerprint density at radius 3 is 2.67 bits per heavy atom. The van der Waals surface area contributed by atoms with Gasteiger partial charge in [-0.3, -0.25) is 0 Å². The van der Waals surface area contributed by atoms with E-state index in [-0.39, 0.29) is 29.1 Å². The molecule has 1 aliphatic carbocycles. The third-order valence-electron chi connectivity index (χ3n) is 4.40. The van der Waals surface area contributed by atoms with Gasteiger partial charge in [-0.15, -0.1) is 0 Å². The lowest BCUT2D eigenvalue weighted by atomic mass is 9.65. The summed E-state index contributed by atoms with van der Waals surface area (Å²) in [4.78, 5) is 0.185. The Bertz CT molecular complexity index is 606. The number of ether oxygens (including phenoxy) is 1. The number of rotatable bonds is 6. The summed E-state index contributed by atoms with van der Waals surface area (Å²) in [6, 6.07) is 1.35. The lowest BCUT2D eigenvalue weighted by Crippen LogP contribution is -2.61. The average molecular weight is 316 g/mol. The molecule has 6 nitrogen and oxygen atoms in total. The Morgan fingerprint density at radius 2 is 2.19 bits per heavy atom. The van der Waals surface area contributed by atoms with Crippen molar-refractivity contribution in [2.75, 3.05) is 6.61 Å². The van der Waals surface area contributed by atoms with E-state index in [1.807, 2.05) is 20.8 Å². The second-order valence-electron chi connectivity index (χ2n) is 6.11. The van der Waals surface area contributed by atoms with E-state index in [0.29, 0.717) is 18.7 Å². The van der Waals surface area contributed by atoms with E-state index >= 15 is 0 Å². The fraction of sp³-hybridized carbons (Fsp3) is 0.714. The zero-order chi connectivity index (χ0) is 15.8. The van der Waals surface area contributed by atoms with Crippen LogP contribution in [0.25, 0.3) is 0 Å². The molecule has 0 amide bonds. The minimum absolute atomic E-state index is 0.0824. The van der Waals surface area contributed by atoms with Crippen molar-refractivity contribution in [3.63, 3.8) is 0 Å². The number of sulfonamides is 1. The van der Waals surface area contributed by atoms with E-state index in [1.54, 1.807) is 11.6 Å². The first-order valence-electron chi connectivity index (χ1n) is 7.12. The van der Waals surface area contributed by atoms with E-state index in [9.17, 15) is 8.42 Å². The summed E-state index contributed by atoms with van der Waals surface area (Å²) in [5, 5.41) is 9.16. The molecule has 1 aromatic rings. The van der Waals surface area contributed by atoms with Gasteiger partial charge in [-0.1, -0.05) is 13.8 Å². The van der Waals surface area contributed by atoms with Crippen molar-refractivity contribution >= 4 is 10.0 Å². The molecule has 0 saturated heterocycles. The normalized spacial score (nSPS) is 24.8. The van der Waals surface area contributed by atoms with Gasteiger partial charge in [0.1, 0.15) is 0 Å².